The molecule has 0 aromatic carbocycles. The van der Waals surface area contributed by atoms with Gasteiger partial charge in [-0.15, -0.1) is 0 Å². The van der Waals surface area contributed by atoms with Crippen LogP contribution in [0.4, 0.5) is 0 Å². The molecule has 6 nitrogen and oxygen atoms in total. The standard InChI is InChI=1S/C11H17BrN4O2/c1-6-8(12)7(2)16(10(18)14-6)5-11(3,4)9(17)15-13/h5,13H2,1-4H3,(H,15,17). The normalized spacial score (nSPS) is 11.4. The summed E-state index contributed by atoms with van der Waals surface area (Å²) in [5, 5.41) is 0. The molecule has 7 heteroatoms. The SMILES string of the molecule is Cc1nc(=O)n(CC(C)(C)C(=O)NN)c(C)c1Br. The molecule has 0 bridgehead atoms. The zero-order valence-electron chi connectivity index (χ0n) is 10.9. The Kier molecular flexibility index (Phi) is 4.28. The molecule has 0 aliphatic carbocycles. The topological polar surface area (TPSA) is 90.0 Å². The molecule has 0 atom stereocenters. The van der Waals surface area contributed by atoms with Gasteiger partial charge in [0.25, 0.3) is 0 Å². The number of carbonyl (C=O) groups excluding carboxylic acids is 1. The van der Waals surface area contributed by atoms with Crippen LogP contribution in [-0.4, -0.2) is 15.5 Å². The average Bonchev–Trinajstić information content (AvgIpc) is 2.31. The van der Waals surface area contributed by atoms with Crippen LogP contribution in [0.1, 0.15) is 25.2 Å². The highest BCUT2D eigenvalue weighted by Gasteiger charge is 2.29. The van der Waals surface area contributed by atoms with Crippen LogP contribution < -0.4 is 17.0 Å². The summed E-state index contributed by atoms with van der Waals surface area (Å²) in [6.45, 7) is 7.20. The monoisotopic (exact) mass is 316 g/mol. The van der Waals surface area contributed by atoms with Crippen molar-refractivity contribution in [2.75, 3.05) is 0 Å². The van der Waals surface area contributed by atoms with Crippen LogP contribution in [0.15, 0.2) is 9.27 Å². The number of halogens is 1. The zero-order valence-corrected chi connectivity index (χ0v) is 12.5. The Morgan fingerprint density at radius 3 is 2.56 bits per heavy atom. The summed E-state index contributed by atoms with van der Waals surface area (Å²) in [4.78, 5) is 27.4. The second kappa shape index (κ2) is 5.19. The Balaban J connectivity index is 3.25. The highest BCUT2D eigenvalue weighted by molar-refractivity contribution is 9.10. The molecular weight excluding hydrogens is 300 g/mol. The molecule has 0 saturated heterocycles. The lowest BCUT2D eigenvalue weighted by atomic mass is 9.92. The average molecular weight is 317 g/mol. The minimum Gasteiger partial charge on any atom is -0.294 e. The van der Waals surface area contributed by atoms with Crippen LogP contribution in [-0.2, 0) is 11.3 Å². The fraction of sp³-hybridized carbons (Fsp3) is 0.545. The fourth-order valence-electron chi connectivity index (χ4n) is 1.63. The van der Waals surface area contributed by atoms with Gasteiger partial charge in [0.15, 0.2) is 0 Å². The van der Waals surface area contributed by atoms with Gasteiger partial charge in [-0.3, -0.25) is 14.8 Å². The van der Waals surface area contributed by atoms with E-state index in [0.717, 1.165) is 10.2 Å². The smallest absolute Gasteiger partial charge is 0.294 e. The van der Waals surface area contributed by atoms with Crippen molar-refractivity contribution in [2.24, 2.45) is 11.3 Å². The van der Waals surface area contributed by atoms with Crippen molar-refractivity contribution in [1.82, 2.24) is 15.0 Å². The van der Waals surface area contributed by atoms with E-state index in [4.69, 9.17) is 5.84 Å². The van der Waals surface area contributed by atoms with E-state index >= 15 is 0 Å². The van der Waals surface area contributed by atoms with Crippen LogP contribution in [0.25, 0.3) is 0 Å². The molecule has 1 aromatic rings. The predicted molar refractivity (Wildman–Crippen MR) is 71.8 cm³/mol. The Labute approximate surface area is 114 Å². The number of nitrogens with two attached hydrogens (primary N) is 1. The summed E-state index contributed by atoms with van der Waals surface area (Å²) < 4.78 is 2.23. The molecule has 0 radical (unpaired) electrons. The third-order valence-electron chi connectivity index (χ3n) is 2.83. The Morgan fingerprint density at radius 1 is 1.50 bits per heavy atom. The molecule has 1 heterocycles. The first-order valence-electron chi connectivity index (χ1n) is 5.45. The van der Waals surface area contributed by atoms with E-state index in [1.54, 1.807) is 27.7 Å². The lowest BCUT2D eigenvalue weighted by molar-refractivity contribution is -0.130. The Bertz CT molecular complexity index is 537. The molecule has 0 unspecified atom stereocenters. The number of rotatable bonds is 3. The second-order valence-corrected chi connectivity index (χ2v) is 5.62. The predicted octanol–water partition coefficient (Wildman–Crippen LogP) is 0.639. The molecule has 1 rings (SSSR count). The number of hydrogen-bond donors (Lipinski definition) is 2. The number of hydrazine groups is 1. The van der Waals surface area contributed by atoms with Crippen LogP contribution in [0, 0.1) is 19.3 Å². The number of hydrogen-bond acceptors (Lipinski definition) is 4. The number of aromatic nitrogens is 2. The lowest BCUT2D eigenvalue weighted by Crippen LogP contribution is -2.45. The van der Waals surface area contributed by atoms with Crippen molar-refractivity contribution in [2.45, 2.75) is 34.2 Å². The van der Waals surface area contributed by atoms with E-state index in [1.807, 2.05) is 0 Å². The van der Waals surface area contributed by atoms with Gasteiger partial charge in [-0.05, 0) is 43.6 Å². The number of nitrogens with zero attached hydrogens (tertiary/aromatic N) is 2. The maximum atomic E-state index is 11.9. The molecular formula is C11H17BrN4O2. The fourth-order valence-corrected chi connectivity index (χ4v) is 1.93. The van der Waals surface area contributed by atoms with E-state index in [1.165, 1.54) is 4.57 Å². The maximum Gasteiger partial charge on any atom is 0.348 e. The van der Waals surface area contributed by atoms with E-state index in [-0.39, 0.29) is 18.1 Å². The minimum absolute atomic E-state index is 0.215. The first-order valence-corrected chi connectivity index (χ1v) is 6.24. The van der Waals surface area contributed by atoms with Gasteiger partial charge in [-0.1, -0.05) is 0 Å². The van der Waals surface area contributed by atoms with Gasteiger partial charge in [0.2, 0.25) is 5.91 Å². The van der Waals surface area contributed by atoms with Crippen molar-refractivity contribution in [3.63, 3.8) is 0 Å². The highest BCUT2D eigenvalue weighted by Crippen LogP contribution is 2.22. The molecule has 0 aliphatic heterocycles. The van der Waals surface area contributed by atoms with Gasteiger partial charge in [0.05, 0.1) is 15.6 Å². The molecule has 1 aromatic heterocycles. The lowest BCUT2D eigenvalue weighted by Gasteiger charge is -2.24. The van der Waals surface area contributed by atoms with Crippen molar-refractivity contribution >= 4 is 21.8 Å². The first kappa shape index (κ1) is 14.8. The van der Waals surface area contributed by atoms with Gasteiger partial charge in [0.1, 0.15) is 0 Å². The van der Waals surface area contributed by atoms with Gasteiger partial charge in [-0.2, -0.15) is 4.98 Å². The number of aryl methyl sites for hydroxylation is 1. The molecule has 100 valence electrons. The van der Waals surface area contributed by atoms with Crippen molar-refractivity contribution < 1.29 is 4.79 Å². The number of carbonyl (C=O) groups is 1. The number of nitrogens with one attached hydrogen (secondary N) is 1. The van der Waals surface area contributed by atoms with Crippen LogP contribution >= 0.6 is 15.9 Å². The van der Waals surface area contributed by atoms with Gasteiger partial charge in [-0.25, -0.2) is 10.6 Å². The van der Waals surface area contributed by atoms with E-state index in [0.29, 0.717) is 5.69 Å². The summed E-state index contributed by atoms with van der Waals surface area (Å²) in [7, 11) is 0. The van der Waals surface area contributed by atoms with Crippen molar-refractivity contribution in [3.8, 4) is 0 Å². The summed E-state index contributed by atoms with van der Waals surface area (Å²) in [6.07, 6.45) is 0. The van der Waals surface area contributed by atoms with Crippen molar-refractivity contribution in [3.05, 3.63) is 26.3 Å². The van der Waals surface area contributed by atoms with E-state index < -0.39 is 5.41 Å². The van der Waals surface area contributed by atoms with Crippen LogP contribution in [0.5, 0.6) is 0 Å². The molecule has 0 saturated carbocycles. The molecule has 0 aliphatic rings. The number of amides is 1. The van der Waals surface area contributed by atoms with Crippen LogP contribution in [0.3, 0.4) is 0 Å². The second-order valence-electron chi connectivity index (χ2n) is 4.82. The van der Waals surface area contributed by atoms with Gasteiger partial charge in [0, 0.05) is 12.2 Å². The summed E-state index contributed by atoms with van der Waals surface area (Å²) in [5.41, 5.74) is 2.32. The summed E-state index contributed by atoms with van der Waals surface area (Å²) in [5.74, 6) is 4.80. The first-order chi connectivity index (χ1) is 8.20. The van der Waals surface area contributed by atoms with Gasteiger partial charge >= 0.3 is 5.69 Å². The Hall–Kier alpha value is -1.21. The minimum atomic E-state index is -0.792. The molecule has 1 amide bonds. The Morgan fingerprint density at radius 2 is 2.06 bits per heavy atom. The van der Waals surface area contributed by atoms with Crippen LogP contribution in [0.2, 0.25) is 0 Å². The molecule has 18 heavy (non-hydrogen) atoms. The molecule has 0 fully saturated rings. The van der Waals surface area contributed by atoms with Gasteiger partial charge < -0.3 is 0 Å². The summed E-state index contributed by atoms with van der Waals surface area (Å²) >= 11 is 3.38. The molecule has 0 spiro atoms. The van der Waals surface area contributed by atoms with E-state index in [9.17, 15) is 9.59 Å². The summed E-state index contributed by atoms with van der Waals surface area (Å²) in [6, 6.07) is 0. The molecule has 3 N–H and O–H groups in total. The quantitative estimate of drug-likeness (QED) is 0.486. The van der Waals surface area contributed by atoms with E-state index in [2.05, 4.69) is 26.3 Å². The largest absolute Gasteiger partial charge is 0.348 e. The third-order valence-corrected chi connectivity index (χ3v) is 3.98. The van der Waals surface area contributed by atoms with Crippen molar-refractivity contribution in [1.29, 1.82) is 0 Å². The highest BCUT2D eigenvalue weighted by atomic mass is 79.9. The maximum absolute atomic E-state index is 11.9. The zero-order chi connectivity index (χ0) is 14.1. The third kappa shape index (κ3) is 2.78.